The van der Waals surface area contributed by atoms with Gasteiger partial charge in [0, 0.05) is 19.5 Å². The molecule has 0 spiro atoms. The Labute approximate surface area is 92.0 Å². The van der Waals surface area contributed by atoms with Gasteiger partial charge in [-0.1, -0.05) is 13.3 Å². The first-order valence-electron chi connectivity index (χ1n) is 5.54. The van der Waals surface area contributed by atoms with Gasteiger partial charge in [0.15, 0.2) is 0 Å². The average Bonchev–Trinajstić information content (AvgIpc) is 2.26. The van der Waals surface area contributed by atoms with Crippen molar-refractivity contribution in [1.29, 1.82) is 5.26 Å². The standard InChI is InChI=1S/C11H21N3O/c1-3-10(9-13)8-11(15)14(4-2)7-5-6-12/h10H,3-5,7-9,13H2,1-2H3. The molecular formula is C11H21N3O. The molecule has 0 aliphatic carbocycles. The van der Waals surface area contributed by atoms with E-state index < -0.39 is 0 Å². The van der Waals surface area contributed by atoms with Crippen LogP contribution in [-0.4, -0.2) is 30.4 Å². The van der Waals surface area contributed by atoms with Gasteiger partial charge in [-0.2, -0.15) is 5.26 Å². The van der Waals surface area contributed by atoms with Crippen molar-refractivity contribution in [3.8, 4) is 6.07 Å². The van der Waals surface area contributed by atoms with Crippen molar-refractivity contribution in [2.75, 3.05) is 19.6 Å². The smallest absolute Gasteiger partial charge is 0.222 e. The normalized spacial score (nSPS) is 11.9. The van der Waals surface area contributed by atoms with Gasteiger partial charge < -0.3 is 10.6 Å². The van der Waals surface area contributed by atoms with Crippen molar-refractivity contribution < 1.29 is 4.79 Å². The van der Waals surface area contributed by atoms with Gasteiger partial charge in [-0.25, -0.2) is 0 Å². The molecule has 0 aromatic carbocycles. The third-order valence-electron chi connectivity index (χ3n) is 2.60. The highest BCUT2D eigenvalue weighted by Gasteiger charge is 2.15. The summed E-state index contributed by atoms with van der Waals surface area (Å²) >= 11 is 0. The summed E-state index contributed by atoms with van der Waals surface area (Å²) in [6.07, 6.45) is 1.84. The number of nitrogens with two attached hydrogens (primary N) is 1. The van der Waals surface area contributed by atoms with Crippen LogP contribution in [0.4, 0.5) is 0 Å². The third kappa shape index (κ3) is 5.38. The van der Waals surface area contributed by atoms with E-state index in [1.54, 1.807) is 4.90 Å². The lowest BCUT2D eigenvalue weighted by atomic mass is 10.0. The highest BCUT2D eigenvalue weighted by molar-refractivity contribution is 5.76. The second kappa shape index (κ2) is 8.25. The Kier molecular flexibility index (Phi) is 7.65. The zero-order valence-corrected chi connectivity index (χ0v) is 9.70. The molecule has 86 valence electrons. The van der Waals surface area contributed by atoms with Crippen LogP contribution in [0.25, 0.3) is 0 Å². The predicted molar refractivity (Wildman–Crippen MR) is 59.9 cm³/mol. The maximum atomic E-state index is 11.8. The topological polar surface area (TPSA) is 70.1 Å². The second-order valence-electron chi connectivity index (χ2n) is 3.60. The summed E-state index contributed by atoms with van der Waals surface area (Å²) in [5, 5.41) is 8.46. The number of nitrogens with zero attached hydrogens (tertiary/aromatic N) is 2. The molecule has 0 fully saturated rings. The van der Waals surface area contributed by atoms with Gasteiger partial charge in [-0.3, -0.25) is 4.79 Å². The molecule has 4 heteroatoms. The highest BCUT2D eigenvalue weighted by atomic mass is 16.2. The maximum absolute atomic E-state index is 11.8. The molecule has 0 aliphatic heterocycles. The summed E-state index contributed by atoms with van der Waals surface area (Å²) in [5.74, 6) is 0.388. The van der Waals surface area contributed by atoms with E-state index in [1.165, 1.54) is 0 Å². The summed E-state index contributed by atoms with van der Waals surface area (Å²) < 4.78 is 0. The number of carbonyl (C=O) groups excluding carboxylic acids is 1. The van der Waals surface area contributed by atoms with E-state index in [0.29, 0.717) is 32.5 Å². The zero-order chi connectivity index (χ0) is 11.7. The molecule has 15 heavy (non-hydrogen) atoms. The van der Waals surface area contributed by atoms with Gasteiger partial charge in [0.25, 0.3) is 0 Å². The van der Waals surface area contributed by atoms with Crippen molar-refractivity contribution in [1.82, 2.24) is 4.90 Å². The van der Waals surface area contributed by atoms with Gasteiger partial charge in [0.05, 0.1) is 12.5 Å². The first kappa shape index (κ1) is 13.9. The predicted octanol–water partition coefficient (Wildman–Crippen LogP) is 1.12. The number of rotatable bonds is 7. The Hall–Kier alpha value is -1.08. The van der Waals surface area contributed by atoms with E-state index in [-0.39, 0.29) is 11.8 Å². The second-order valence-corrected chi connectivity index (χ2v) is 3.60. The Bertz CT molecular complexity index is 218. The van der Waals surface area contributed by atoms with Crippen LogP contribution < -0.4 is 5.73 Å². The first-order valence-corrected chi connectivity index (χ1v) is 5.54. The van der Waals surface area contributed by atoms with Crippen molar-refractivity contribution in [2.24, 2.45) is 11.7 Å². The Morgan fingerprint density at radius 3 is 2.60 bits per heavy atom. The van der Waals surface area contributed by atoms with Gasteiger partial charge in [0.2, 0.25) is 5.91 Å². The van der Waals surface area contributed by atoms with E-state index in [1.807, 2.05) is 13.8 Å². The summed E-state index contributed by atoms with van der Waals surface area (Å²) in [4.78, 5) is 13.5. The fraction of sp³-hybridized carbons (Fsp3) is 0.818. The lowest BCUT2D eigenvalue weighted by molar-refractivity contribution is -0.131. The largest absolute Gasteiger partial charge is 0.342 e. The number of hydrogen-bond donors (Lipinski definition) is 1. The molecule has 1 atom stereocenters. The lowest BCUT2D eigenvalue weighted by Gasteiger charge is -2.22. The molecule has 2 N–H and O–H groups in total. The summed E-state index contributed by atoms with van der Waals surface area (Å²) in [5.41, 5.74) is 5.55. The number of amides is 1. The molecule has 1 amide bonds. The van der Waals surface area contributed by atoms with Crippen LogP contribution in [0, 0.1) is 17.2 Å². The summed E-state index contributed by atoms with van der Waals surface area (Å²) in [6, 6.07) is 2.05. The Morgan fingerprint density at radius 2 is 2.20 bits per heavy atom. The minimum Gasteiger partial charge on any atom is -0.342 e. The number of hydrogen-bond acceptors (Lipinski definition) is 3. The Morgan fingerprint density at radius 1 is 1.53 bits per heavy atom. The van der Waals surface area contributed by atoms with Crippen LogP contribution in [-0.2, 0) is 4.79 Å². The molecule has 0 aromatic heterocycles. The molecule has 0 rings (SSSR count). The molecule has 0 saturated carbocycles. The van der Waals surface area contributed by atoms with Crippen LogP contribution in [0.1, 0.15) is 33.1 Å². The zero-order valence-electron chi connectivity index (χ0n) is 9.70. The van der Waals surface area contributed by atoms with Crippen molar-refractivity contribution in [3.05, 3.63) is 0 Å². The van der Waals surface area contributed by atoms with Crippen LogP contribution >= 0.6 is 0 Å². The van der Waals surface area contributed by atoms with Crippen LogP contribution in [0.5, 0.6) is 0 Å². The average molecular weight is 211 g/mol. The third-order valence-corrected chi connectivity index (χ3v) is 2.60. The van der Waals surface area contributed by atoms with Crippen molar-refractivity contribution in [2.45, 2.75) is 33.1 Å². The van der Waals surface area contributed by atoms with E-state index in [2.05, 4.69) is 6.07 Å². The SMILES string of the molecule is CCC(CN)CC(=O)N(CC)CCC#N. The molecule has 0 bridgehead atoms. The molecule has 0 radical (unpaired) electrons. The number of nitriles is 1. The quantitative estimate of drug-likeness (QED) is 0.686. The molecule has 4 nitrogen and oxygen atoms in total. The van der Waals surface area contributed by atoms with Crippen molar-refractivity contribution in [3.63, 3.8) is 0 Å². The molecule has 1 unspecified atom stereocenters. The van der Waals surface area contributed by atoms with E-state index in [9.17, 15) is 4.79 Å². The molecule has 0 saturated heterocycles. The van der Waals surface area contributed by atoms with Crippen LogP contribution in [0.2, 0.25) is 0 Å². The fourth-order valence-electron chi connectivity index (χ4n) is 1.41. The van der Waals surface area contributed by atoms with Gasteiger partial charge >= 0.3 is 0 Å². The van der Waals surface area contributed by atoms with Gasteiger partial charge in [-0.15, -0.1) is 0 Å². The minimum atomic E-state index is 0.116. The van der Waals surface area contributed by atoms with Gasteiger partial charge in [0.1, 0.15) is 0 Å². The monoisotopic (exact) mass is 211 g/mol. The lowest BCUT2D eigenvalue weighted by Crippen LogP contribution is -2.34. The first-order chi connectivity index (χ1) is 7.19. The summed E-state index contributed by atoms with van der Waals surface area (Å²) in [7, 11) is 0. The van der Waals surface area contributed by atoms with E-state index >= 15 is 0 Å². The van der Waals surface area contributed by atoms with E-state index in [4.69, 9.17) is 11.0 Å². The van der Waals surface area contributed by atoms with Crippen LogP contribution in [0.3, 0.4) is 0 Å². The van der Waals surface area contributed by atoms with Crippen molar-refractivity contribution >= 4 is 5.91 Å². The molecule has 0 aliphatic rings. The molecule has 0 aromatic rings. The molecular weight excluding hydrogens is 190 g/mol. The number of carbonyl (C=O) groups is 1. The van der Waals surface area contributed by atoms with E-state index in [0.717, 1.165) is 6.42 Å². The Balaban J connectivity index is 4.08. The maximum Gasteiger partial charge on any atom is 0.222 e. The van der Waals surface area contributed by atoms with Gasteiger partial charge in [-0.05, 0) is 19.4 Å². The molecule has 0 heterocycles. The summed E-state index contributed by atoms with van der Waals surface area (Å²) in [6.45, 7) is 5.72. The fourth-order valence-corrected chi connectivity index (χ4v) is 1.41. The highest BCUT2D eigenvalue weighted by Crippen LogP contribution is 2.09. The minimum absolute atomic E-state index is 0.116. The van der Waals surface area contributed by atoms with Crippen LogP contribution in [0.15, 0.2) is 0 Å².